The zero-order valence-electron chi connectivity index (χ0n) is 29.6. The fourth-order valence-corrected chi connectivity index (χ4v) is 14.0. The van der Waals surface area contributed by atoms with Crippen LogP contribution in [0.1, 0.15) is 78.6 Å². The fraction of sp³-hybridized carbons (Fsp3) is 0.971. The first-order valence-corrected chi connectivity index (χ1v) is 27.5. The Labute approximate surface area is 262 Å². The number of hydrogen-bond acceptors (Lipinski definition) is 5. The van der Waals surface area contributed by atoms with Gasteiger partial charge in [0.25, 0.3) is 0 Å². The molecule has 1 unspecified atom stereocenters. The number of rotatable bonds is 10. The van der Waals surface area contributed by atoms with Crippen molar-refractivity contribution in [3.63, 3.8) is 0 Å². The zero-order valence-corrected chi connectivity index (χ0v) is 32.6. The summed E-state index contributed by atoms with van der Waals surface area (Å²) < 4.78 is 25.6. The van der Waals surface area contributed by atoms with Crippen molar-refractivity contribution in [3.8, 4) is 0 Å². The number of methoxy groups -OCH3 is 1. The second-order valence-corrected chi connectivity index (χ2v) is 31.7. The van der Waals surface area contributed by atoms with Crippen molar-refractivity contribution in [1.29, 1.82) is 0 Å². The Morgan fingerprint density at radius 3 is 1.95 bits per heavy atom. The first-order chi connectivity index (χ1) is 19.2. The summed E-state index contributed by atoms with van der Waals surface area (Å²) in [5.41, 5.74) is 0.693. The van der Waals surface area contributed by atoms with E-state index in [2.05, 4.69) is 79.7 Å². The molecule has 4 fully saturated rings. The van der Waals surface area contributed by atoms with Crippen LogP contribution in [-0.4, -0.2) is 56.3 Å². The molecule has 5 nitrogen and oxygen atoms in total. The monoisotopic (exact) mass is 638 g/mol. The van der Waals surface area contributed by atoms with Crippen LogP contribution in [-0.2, 0) is 22.8 Å². The average molecular weight is 639 g/mol. The number of ether oxygens (including phenoxy) is 1. The largest absolute Gasteiger partial charge is 0.467 e. The van der Waals surface area contributed by atoms with E-state index in [1.807, 2.05) is 0 Å². The second kappa shape index (κ2) is 12.3. The first kappa shape index (κ1) is 34.9. The Morgan fingerprint density at radius 2 is 1.38 bits per heavy atom. The number of carbonyl (C=O) groups is 1. The molecule has 0 amide bonds. The van der Waals surface area contributed by atoms with Crippen LogP contribution in [0.25, 0.3) is 0 Å². The van der Waals surface area contributed by atoms with Gasteiger partial charge in [-0.2, -0.15) is 0 Å². The quantitative estimate of drug-likeness (QED) is 0.176. The molecule has 0 aromatic heterocycles. The molecule has 0 N–H and O–H groups in total. The molecule has 4 aliphatic carbocycles. The average Bonchev–Trinajstić information content (AvgIpc) is 3.18. The highest BCUT2D eigenvalue weighted by molar-refractivity contribution is 6.70. The fourth-order valence-electron chi connectivity index (χ4n) is 10.6. The standard InChI is InChI=1S/C34H66O5Si3/c1-23(20-30(32(35)36-4)39-42(11,12)13)26-14-15-27-31-28(17-19-34(26,27)3)33(2)18-16-25(37-40(5,6)7)21-24(33)22-29(31)38-41(8,9)10/h23-31H,14-22H2,1-13H3/t23-,24+,25-,26-,27+,28+,29-,30?,31+,33+,34-/m1/s1. The van der Waals surface area contributed by atoms with Gasteiger partial charge in [0.1, 0.15) is 6.10 Å². The lowest BCUT2D eigenvalue weighted by atomic mass is 9.43. The van der Waals surface area contributed by atoms with Gasteiger partial charge in [-0.15, -0.1) is 0 Å². The number of hydrogen-bond donors (Lipinski definition) is 0. The van der Waals surface area contributed by atoms with Gasteiger partial charge in [0.2, 0.25) is 0 Å². The van der Waals surface area contributed by atoms with E-state index in [0.717, 1.165) is 12.3 Å². The van der Waals surface area contributed by atoms with Gasteiger partial charge in [-0.05, 0) is 163 Å². The predicted molar refractivity (Wildman–Crippen MR) is 181 cm³/mol. The summed E-state index contributed by atoms with van der Waals surface area (Å²) in [5, 5.41) is 0. The van der Waals surface area contributed by atoms with Gasteiger partial charge in [-0.3, -0.25) is 0 Å². The van der Waals surface area contributed by atoms with Gasteiger partial charge < -0.3 is 18.0 Å². The molecule has 0 aliphatic heterocycles. The third-order valence-corrected chi connectivity index (χ3v) is 15.0. The highest BCUT2D eigenvalue weighted by Crippen LogP contribution is 2.69. The van der Waals surface area contributed by atoms with Crippen molar-refractivity contribution in [2.45, 2.75) is 156 Å². The lowest BCUT2D eigenvalue weighted by Gasteiger charge is -2.64. The normalized spacial score (nSPS) is 40.5. The van der Waals surface area contributed by atoms with Gasteiger partial charge >= 0.3 is 5.97 Å². The van der Waals surface area contributed by atoms with Gasteiger partial charge in [0, 0.05) is 12.2 Å². The van der Waals surface area contributed by atoms with Crippen molar-refractivity contribution in [2.75, 3.05) is 7.11 Å². The SMILES string of the molecule is COC(=O)C(C[C@@H](C)[C@H]1CC[C@H]2[C@@H]3[C@H](O[Si](C)(C)C)C[C@@H]4C[C@H](O[Si](C)(C)C)CC[C@]4(C)[C@H]3CC[C@]12C)O[Si](C)(C)C. The Kier molecular flexibility index (Phi) is 10.2. The molecule has 0 bridgehead atoms. The number of fused-ring (bicyclic) bond motifs is 5. The van der Waals surface area contributed by atoms with E-state index >= 15 is 0 Å². The van der Waals surface area contributed by atoms with Crippen LogP contribution < -0.4 is 0 Å². The molecule has 42 heavy (non-hydrogen) atoms. The van der Waals surface area contributed by atoms with Crippen LogP contribution >= 0.6 is 0 Å². The molecule has 244 valence electrons. The summed E-state index contributed by atoms with van der Waals surface area (Å²) in [6.45, 7) is 28.4. The minimum absolute atomic E-state index is 0.198. The van der Waals surface area contributed by atoms with Gasteiger partial charge in [-0.1, -0.05) is 20.8 Å². The highest BCUT2D eigenvalue weighted by atomic mass is 28.4. The van der Waals surface area contributed by atoms with E-state index in [1.54, 1.807) is 0 Å². The Hall–Kier alpha value is 0.000649. The molecule has 0 radical (unpaired) electrons. The van der Waals surface area contributed by atoms with E-state index in [1.165, 1.54) is 58.5 Å². The summed E-state index contributed by atoms with van der Waals surface area (Å²) in [6.07, 6.45) is 11.3. The van der Waals surface area contributed by atoms with Crippen LogP contribution in [0, 0.1) is 46.3 Å². The van der Waals surface area contributed by atoms with E-state index in [9.17, 15) is 4.79 Å². The maximum atomic E-state index is 12.8. The van der Waals surface area contributed by atoms with Crippen LogP contribution in [0.5, 0.6) is 0 Å². The number of esters is 1. The van der Waals surface area contributed by atoms with Crippen molar-refractivity contribution in [3.05, 3.63) is 0 Å². The maximum absolute atomic E-state index is 12.8. The van der Waals surface area contributed by atoms with Crippen LogP contribution in [0.3, 0.4) is 0 Å². The van der Waals surface area contributed by atoms with Crippen LogP contribution in [0.4, 0.5) is 0 Å². The summed E-state index contributed by atoms with van der Waals surface area (Å²) in [5.74, 6) is 3.64. The molecule has 0 aromatic carbocycles. The second-order valence-electron chi connectivity index (χ2n) is 18.3. The van der Waals surface area contributed by atoms with E-state index < -0.39 is 31.1 Å². The van der Waals surface area contributed by atoms with Gasteiger partial charge in [0.15, 0.2) is 25.0 Å². The lowest BCUT2D eigenvalue weighted by molar-refractivity contribution is -0.169. The minimum atomic E-state index is -1.88. The molecule has 0 heterocycles. The topological polar surface area (TPSA) is 54.0 Å². The van der Waals surface area contributed by atoms with Crippen LogP contribution in [0.2, 0.25) is 58.9 Å². The van der Waals surface area contributed by atoms with Crippen molar-refractivity contribution >= 4 is 30.9 Å². The molecule has 4 saturated carbocycles. The summed E-state index contributed by atoms with van der Waals surface area (Å²) in [7, 11) is -3.65. The predicted octanol–water partition coefficient (Wildman–Crippen LogP) is 9.11. The summed E-state index contributed by atoms with van der Waals surface area (Å²) >= 11 is 0. The molecular weight excluding hydrogens is 573 g/mol. The third kappa shape index (κ3) is 7.51. The molecule has 0 spiro atoms. The van der Waals surface area contributed by atoms with E-state index in [4.69, 9.17) is 18.0 Å². The summed E-state index contributed by atoms with van der Waals surface area (Å²) in [4.78, 5) is 12.8. The Balaban J connectivity index is 1.59. The molecule has 0 aromatic rings. The van der Waals surface area contributed by atoms with Crippen molar-refractivity contribution < 1.29 is 22.8 Å². The Bertz CT molecular complexity index is 954. The number of carbonyl (C=O) groups excluding carboxylic acids is 1. The first-order valence-electron chi connectivity index (χ1n) is 17.3. The lowest BCUT2D eigenvalue weighted by Crippen LogP contribution is -2.60. The molecular formula is C34H66O5Si3. The molecule has 4 aliphatic rings. The van der Waals surface area contributed by atoms with Crippen molar-refractivity contribution in [1.82, 2.24) is 0 Å². The molecule has 4 rings (SSSR count). The highest BCUT2D eigenvalue weighted by Gasteiger charge is 2.63. The molecule has 0 saturated heterocycles. The Morgan fingerprint density at radius 1 is 0.786 bits per heavy atom. The van der Waals surface area contributed by atoms with E-state index in [0.29, 0.717) is 52.6 Å². The summed E-state index contributed by atoms with van der Waals surface area (Å²) in [6, 6.07) is 0. The van der Waals surface area contributed by atoms with Gasteiger partial charge in [0.05, 0.1) is 7.11 Å². The smallest absolute Gasteiger partial charge is 0.333 e. The molecule has 11 atom stereocenters. The van der Waals surface area contributed by atoms with Crippen molar-refractivity contribution in [2.24, 2.45) is 46.3 Å². The molecule has 8 heteroatoms. The van der Waals surface area contributed by atoms with Crippen LogP contribution in [0.15, 0.2) is 0 Å². The minimum Gasteiger partial charge on any atom is -0.467 e. The maximum Gasteiger partial charge on any atom is 0.333 e. The third-order valence-electron chi connectivity index (χ3n) is 11.9. The van der Waals surface area contributed by atoms with Gasteiger partial charge in [-0.25, -0.2) is 4.79 Å². The van der Waals surface area contributed by atoms with E-state index in [-0.39, 0.29) is 5.97 Å². The zero-order chi connectivity index (χ0) is 31.5.